The summed E-state index contributed by atoms with van der Waals surface area (Å²) < 4.78 is 2.16. The number of benzene rings is 1. The number of rotatable bonds is 9. The van der Waals surface area contributed by atoms with E-state index in [1.807, 2.05) is 7.98 Å². The third kappa shape index (κ3) is 4.87. The highest BCUT2D eigenvalue weighted by atomic mass is 16.6. The van der Waals surface area contributed by atoms with Crippen LogP contribution in [0.3, 0.4) is 0 Å². The van der Waals surface area contributed by atoms with Crippen LogP contribution in [0.2, 0.25) is 0 Å². The van der Waals surface area contributed by atoms with Crippen molar-refractivity contribution in [3.05, 3.63) is 64.5 Å². The fraction of sp³-hybridized carbons (Fsp3) is 0.250. The zero-order valence-corrected chi connectivity index (χ0v) is 16.7. The van der Waals surface area contributed by atoms with Crippen LogP contribution in [0.1, 0.15) is 18.9 Å². The maximum absolute atomic E-state index is 10.8. The number of nitrogen functional groups attached to an aromatic ring is 1. The van der Waals surface area contributed by atoms with Gasteiger partial charge in [0.15, 0.2) is 0 Å². The molecule has 0 spiro atoms. The molecule has 0 saturated carbocycles. The molecule has 0 aliphatic carbocycles. The maximum atomic E-state index is 10.8. The second-order valence-electron chi connectivity index (χ2n) is 6.76. The van der Waals surface area contributed by atoms with Gasteiger partial charge in [-0.25, -0.2) is 4.98 Å². The van der Waals surface area contributed by atoms with E-state index >= 15 is 0 Å². The molecule has 9 heteroatoms. The first kappa shape index (κ1) is 20.3. The van der Waals surface area contributed by atoms with Crippen molar-refractivity contribution < 1.29 is 4.92 Å². The van der Waals surface area contributed by atoms with Crippen LogP contribution in [-0.2, 0) is 13.0 Å². The first-order valence-electron chi connectivity index (χ1n) is 9.63. The summed E-state index contributed by atoms with van der Waals surface area (Å²) in [4.78, 5) is 14.3. The number of aromatic nitrogens is 2. The number of aryl methyl sites for hydroxylation is 2. The molecule has 2 heterocycles. The number of nitrogens with one attached hydrogen (secondary N) is 2. The van der Waals surface area contributed by atoms with Crippen molar-refractivity contribution in [1.82, 2.24) is 9.55 Å². The Balaban J connectivity index is 1.59. The molecule has 0 radical (unpaired) electrons. The topological polar surface area (TPSA) is 111 Å². The van der Waals surface area contributed by atoms with Crippen LogP contribution in [0.4, 0.5) is 23.0 Å². The molecule has 0 atom stereocenters. The Morgan fingerprint density at radius 3 is 2.59 bits per heavy atom. The minimum Gasteiger partial charge on any atom is -0.433 e. The molecule has 8 nitrogen and oxygen atoms in total. The quantitative estimate of drug-likeness (QED) is 0.223. The zero-order chi connectivity index (χ0) is 20.8. The molecule has 2 aromatic heterocycles. The van der Waals surface area contributed by atoms with Gasteiger partial charge >= 0.3 is 5.69 Å². The Bertz CT molecular complexity index is 987. The van der Waals surface area contributed by atoms with Crippen molar-refractivity contribution >= 4 is 31.0 Å². The Morgan fingerprint density at radius 2 is 1.97 bits per heavy atom. The summed E-state index contributed by atoms with van der Waals surface area (Å²) in [6.07, 6.45) is 6.15. The summed E-state index contributed by atoms with van der Waals surface area (Å²) in [6.45, 7) is 3.66. The summed E-state index contributed by atoms with van der Waals surface area (Å²) >= 11 is 0. The smallest absolute Gasteiger partial charge is 0.311 e. The monoisotopic (exact) mass is 392 g/mol. The number of pyridine rings is 1. The summed E-state index contributed by atoms with van der Waals surface area (Å²) in [5.74, 6) is 0.455. The molecule has 0 unspecified atom stereocenters. The lowest BCUT2D eigenvalue weighted by molar-refractivity contribution is -0.384. The summed E-state index contributed by atoms with van der Waals surface area (Å²) in [5, 5.41) is 17.2. The third-order valence-electron chi connectivity index (χ3n) is 4.82. The van der Waals surface area contributed by atoms with E-state index in [2.05, 4.69) is 63.7 Å². The fourth-order valence-electron chi connectivity index (χ4n) is 3.18. The number of nitro groups is 1. The second kappa shape index (κ2) is 9.14. The molecule has 0 aliphatic heterocycles. The van der Waals surface area contributed by atoms with Gasteiger partial charge in [0, 0.05) is 42.8 Å². The van der Waals surface area contributed by atoms with E-state index in [4.69, 9.17) is 5.73 Å². The van der Waals surface area contributed by atoms with E-state index in [1.54, 1.807) is 6.07 Å². The largest absolute Gasteiger partial charge is 0.433 e. The van der Waals surface area contributed by atoms with E-state index in [-0.39, 0.29) is 11.5 Å². The van der Waals surface area contributed by atoms with Crippen LogP contribution in [-0.4, -0.2) is 29.0 Å². The van der Waals surface area contributed by atoms with Gasteiger partial charge in [-0.3, -0.25) is 10.1 Å². The minimum atomic E-state index is -0.537. The first-order valence-corrected chi connectivity index (χ1v) is 9.63. The molecule has 3 aromatic rings. The Kier molecular flexibility index (Phi) is 6.38. The van der Waals surface area contributed by atoms with Gasteiger partial charge in [-0.15, -0.1) is 0 Å². The van der Waals surface area contributed by atoms with Crippen molar-refractivity contribution in [2.75, 3.05) is 22.8 Å². The molecule has 1 aromatic carbocycles. The second-order valence-corrected chi connectivity index (χ2v) is 6.76. The highest BCUT2D eigenvalue weighted by molar-refractivity contribution is 6.17. The summed E-state index contributed by atoms with van der Waals surface area (Å²) in [6, 6.07) is 11.6. The van der Waals surface area contributed by atoms with Crippen molar-refractivity contribution in [3.63, 3.8) is 0 Å². The van der Waals surface area contributed by atoms with Gasteiger partial charge in [-0.2, -0.15) is 0 Å². The molecule has 0 aliphatic rings. The van der Waals surface area contributed by atoms with Gasteiger partial charge in [0.1, 0.15) is 5.82 Å². The van der Waals surface area contributed by atoms with Crippen molar-refractivity contribution in [3.8, 4) is 11.1 Å². The van der Waals surface area contributed by atoms with E-state index < -0.39 is 4.92 Å². The normalized spacial score (nSPS) is 10.7. The number of nitrogens with two attached hydrogens (primary N) is 1. The predicted octanol–water partition coefficient (Wildman–Crippen LogP) is 3.07. The lowest BCUT2D eigenvalue weighted by atomic mass is 10.0. The fourth-order valence-corrected chi connectivity index (χ4v) is 3.18. The lowest BCUT2D eigenvalue weighted by Crippen LogP contribution is -2.08. The lowest BCUT2D eigenvalue weighted by Gasteiger charge is -2.07. The molecule has 4 N–H and O–H groups in total. The number of anilines is 3. The Labute approximate surface area is 170 Å². The predicted molar refractivity (Wildman–Crippen MR) is 120 cm³/mol. The molecule has 0 fully saturated rings. The average Bonchev–Trinajstić information content (AvgIpc) is 3.14. The molecular weight excluding hydrogens is 367 g/mol. The average molecular weight is 392 g/mol. The van der Waals surface area contributed by atoms with Crippen LogP contribution in [0, 0.1) is 10.1 Å². The SMILES string of the molecule is BNc1cn(CCCNc2ccc([N+](=O)[O-])c(N)n2)cc1-c1ccc(CC)cc1. The van der Waals surface area contributed by atoms with Gasteiger partial charge in [0.2, 0.25) is 13.8 Å². The van der Waals surface area contributed by atoms with E-state index in [0.29, 0.717) is 12.4 Å². The highest BCUT2D eigenvalue weighted by Crippen LogP contribution is 2.29. The zero-order valence-electron chi connectivity index (χ0n) is 16.7. The summed E-state index contributed by atoms with van der Waals surface area (Å²) in [5.41, 5.74) is 10.2. The van der Waals surface area contributed by atoms with Crippen molar-refractivity contribution in [1.29, 1.82) is 0 Å². The highest BCUT2D eigenvalue weighted by Gasteiger charge is 2.12. The van der Waals surface area contributed by atoms with Crippen LogP contribution >= 0.6 is 0 Å². The molecule has 0 amide bonds. The number of nitrogens with zero attached hydrogens (tertiary/aromatic N) is 3. The van der Waals surface area contributed by atoms with Gasteiger partial charge in [0.25, 0.3) is 0 Å². The van der Waals surface area contributed by atoms with E-state index in [0.717, 1.165) is 25.1 Å². The molecule has 29 heavy (non-hydrogen) atoms. The van der Waals surface area contributed by atoms with E-state index in [1.165, 1.54) is 22.8 Å². The van der Waals surface area contributed by atoms with Crippen molar-refractivity contribution in [2.45, 2.75) is 26.3 Å². The van der Waals surface area contributed by atoms with Gasteiger partial charge in [-0.05, 0) is 30.0 Å². The Hall–Kier alpha value is -3.49. The molecule has 0 saturated heterocycles. The van der Waals surface area contributed by atoms with Crippen LogP contribution < -0.4 is 16.3 Å². The minimum absolute atomic E-state index is 0.0807. The van der Waals surface area contributed by atoms with Crippen LogP contribution in [0.25, 0.3) is 11.1 Å². The summed E-state index contributed by atoms with van der Waals surface area (Å²) in [7, 11) is 1.93. The van der Waals surface area contributed by atoms with Gasteiger partial charge in [0.05, 0.1) is 4.92 Å². The molecule has 3 rings (SSSR count). The molecular formula is C20H25BN6O2. The van der Waals surface area contributed by atoms with Crippen molar-refractivity contribution in [2.24, 2.45) is 0 Å². The first-order chi connectivity index (χ1) is 14.0. The van der Waals surface area contributed by atoms with Gasteiger partial charge in [-0.1, -0.05) is 31.2 Å². The Morgan fingerprint density at radius 1 is 1.21 bits per heavy atom. The number of hydrogen-bond donors (Lipinski definition) is 3. The van der Waals surface area contributed by atoms with E-state index in [9.17, 15) is 10.1 Å². The van der Waals surface area contributed by atoms with Gasteiger partial charge < -0.3 is 20.8 Å². The molecule has 0 bridgehead atoms. The standard InChI is InChI=1S/C20H25BN6O2/c1-2-14-4-6-15(7-5-14)16-12-26(13-17(16)25-21)11-3-10-23-19-9-8-18(27(28)29)20(22)24-19/h4-9,12-13,25H,2-3,10-11,21H2,1H3,(H3,22,23,24). The van der Waals surface area contributed by atoms with Crippen LogP contribution in [0.5, 0.6) is 0 Å². The van der Waals surface area contributed by atoms with Crippen LogP contribution in [0.15, 0.2) is 48.8 Å². The molecule has 150 valence electrons. The third-order valence-corrected chi connectivity index (χ3v) is 4.82. The maximum Gasteiger partial charge on any atom is 0.311 e. The number of hydrogen-bond acceptors (Lipinski definition) is 6.